The largest absolute Gasteiger partial charge is 0.748 e. The summed E-state index contributed by atoms with van der Waals surface area (Å²) in [4.78, 5) is 3.48. The SMILES string of the molecule is CCCCC[N+]1=C(/C=C/C2=C(Sc3nnnn3-c3ccccc3)C(=C/C=C3/N(CCCCS(=O)(=O)[O-])c4ccc(I)cc4C3(C)C)/CCC2)C(C)(C)c2cc(I)ccc21. The third-order valence-corrected chi connectivity index (χ3v) is 15.0. The van der Waals surface area contributed by atoms with E-state index in [4.69, 9.17) is 0 Å². The van der Waals surface area contributed by atoms with Crippen molar-refractivity contribution in [3.63, 3.8) is 0 Å². The number of nitrogens with zero attached hydrogens (tertiary/aromatic N) is 6. The minimum Gasteiger partial charge on any atom is -0.748 e. The normalized spacial score (nSPS) is 18.8. The van der Waals surface area contributed by atoms with Crippen molar-refractivity contribution >= 4 is 84.1 Å². The number of fused-ring (bicyclic) bond motifs is 2. The van der Waals surface area contributed by atoms with Crippen LogP contribution in [-0.4, -0.2) is 62.3 Å². The summed E-state index contributed by atoms with van der Waals surface area (Å²) in [6.45, 7) is 13.1. The van der Waals surface area contributed by atoms with E-state index >= 15 is 0 Å². The van der Waals surface area contributed by atoms with E-state index in [0.29, 0.717) is 24.5 Å². The molecule has 0 atom stereocenters. The van der Waals surface area contributed by atoms with E-state index in [9.17, 15) is 13.0 Å². The third-order valence-electron chi connectivity index (χ3n) is 11.7. The maximum Gasteiger partial charge on any atom is 0.218 e. The molecule has 0 N–H and O–H groups in total. The van der Waals surface area contributed by atoms with Gasteiger partial charge >= 0.3 is 0 Å². The first-order valence-electron chi connectivity index (χ1n) is 20.5. The van der Waals surface area contributed by atoms with E-state index in [2.05, 4.69) is 166 Å². The van der Waals surface area contributed by atoms with E-state index < -0.39 is 10.1 Å². The number of unbranched alkanes of at least 4 members (excludes halogenated alkanes) is 3. The highest BCUT2D eigenvalue weighted by molar-refractivity contribution is 14.1. The third kappa shape index (κ3) is 9.68. The fraction of sp³-hybridized carbons (Fsp3) is 0.391. The number of aromatic nitrogens is 4. The molecular weight excluding hydrogens is 1000 g/mol. The van der Waals surface area contributed by atoms with Crippen LogP contribution in [0.3, 0.4) is 0 Å². The van der Waals surface area contributed by atoms with Gasteiger partial charge in [0.2, 0.25) is 10.8 Å². The van der Waals surface area contributed by atoms with Crippen molar-refractivity contribution in [3.8, 4) is 5.69 Å². The molecule has 310 valence electrons. The Morgan fingerprint density at radius 2 is 1.63 bits per heavy atom. The first-order valence-corrected chi connectivity index (χ1v) is 25.0. The van der Waals surface area contributed by atoms with Crippen LogP contribution in [0.1, 0.15) is 97.1 Å². The molecule has 0 bridgehead atoms. The van der Waals surface area contributed by atoms with Gasteiger partial charge in [-0.25, -0.2) is 8.42 Å². The maximum atomic E-state index is 11.4. The highest BCUT2D eigenvalue weighted by Gasteiger charge is 2.44. The summed E-state index contributed by atoms with van der Waals surface area (Å²) >= 11 is 6.43. The summed E-state index contributed by atoms with van der Waals surface area (Å²) in [6.07, 6.45) is 16.5. The van der Waals surface area contributed by atoms with Gasteiger partial charge in [0, 0.05) is 65.3 Å². The highest BCUT2D eigenvalue weighted by atomic mass is 127. The Balaban J connectivity index is 1.33. The molecule has 3 aromatic carbocycles. The van der Waals surface area contributed by atoms with Gasteiger partial charge in [-0.15, -0.1) is 5.10 Å². The van der Waals surface area contributed by atoms with Crippen LogP contribution in [-0.2, 0) is 20.9 Å². The summed E-state index contributed by atoms with van der Waals surface area (Å²) in [7, 11) is -4.27. The Hall–Kier alpha value is -3.12. The molecule has 0 saturated carbocycles. The van der Waals surface area contributed by atoms with Crippen molar-refractivity contribution in [2.24, 2.45) is 0 Å². The lowest BCUT2D eigenvalue weighted by molar-refractivity contribution is -0.438. The minimum absolute atomic E-state index is 0.162. The average molecular weight is 1050 g/mol. The van der Waals surface area contributed by atoms with E-state index in [1.807, 2.05) is 35.0 Å². The first kappa shape index (κ1) is 44.0. The van der Waals surface area contributed by atoms with Crippen molar-refractivity contribution in [2.45, 2.75) is 102 Å². The molecule has 1 aromatic heterocycles. The first-order chi connectivity index (χ1) is 28.2. The number of hydrogen-bond donors (Lipinski definition) is 0. The molecule has 7 rings (SSSR count). The molecule has 0 amide bonds. The number of tetrazole rings is 1. The van der Waals surface area contributed by atoms with Crippen LogP contribution < -0.4 is 4.90 Å². The second-order valence-corrected chi connectivity index (χ2v) is 21.5. The van der Waals surface area contributed by atoms with Gasteiger partial charge in [-0.3, -0.25) is 0 Å². The predicted octanol–water partition coefficient (Wildman–Crippen LogP) is 11.2. The topological polar surface area (TPSA) is 107 Å². The summed E-state index contributed by atoms with van der Waals surface area (Å²) < 4.78 is 41.1. The summed E-state index contributed by atoms with van der Waals surface area (Å²) in [6, 6.07) is 23.4. The zero-order chi connectivity index (χ0) is 42.0. The lowest BCUT2D eigenvalue weighted by Crippen LogP contribution is -2.28. The lowest BCUT2D eigenvalue weighted by Gasteiger charge is -2.27. The molecule has 59 heavy (non-hydrogen) atoms. The van der Waals surface area contributed by atoms with Crippen molar-refractivity contribution in [1.29, 1.82) is 0 Å². The number of rotatable bonds is 15. The molecule has 0 fully saturated rings. The molecule has 3 aliphatic rings. The number of allylic oxidation sites excluding steroid dienone is 7. The zero-order valence-electron chi connectivity index (χ0n) is 34.4. The van der Waals surface area contributed by atoms with E-state index in [-0.39, 0.29) is 16.6 Å². The quantitative estimate of drug-likeness (QED) is 0.0502. The van der Waals surface area contributed by atoms with Crippen LogP contribution in [0, 0.1) is 7.14 Å². The molecule has 2 aliphatic heterocycles. The van der Waals surface area contributed by atoms with Gasteiger partial charge < -0.3 is 9.45 Å². The molecule has 3 heterocycles. The highest BCUT2D eigenvalue weighted by Crippen LogP contribution is 2.49. The molecule has 0 unspecified atom stereocenters. The smallest absolute Gasteiger partial charge is 0.218 e. The van der Waals surface area contributed by atoms with Gasteiger partial charge in [0.25, 0.3) is 0 Å². The van der Waals surface area contributed by atoms with Crippen molar-refractivity contribution in [2.75, 3.05) is 23.7 Å². The van der Waals surface area contributed by atoms with Crippen LogP contribution in [0.15, 0.2) is 118 Å². The van der Waals surface area contributed by atoms with Gasteiger partial charge in [-0.2, -0.15) is 9.26 Å². The summed E-state index contributed by atoms with van der Waals surface area (Å²) in [5.41, 5.74) is 10.4. The van der Waals surface area contributed by atoms with Crippen molar-refractivity contribution in [3.05, 3.63) is 131 Å². The van der Waals surface area contributed by atoms with E-state index in [1.165, 1.54) is 50.1 Å². The number of benzene rings is 3. The van der Waals surface area contributed by atoms with Crippen LogP contribution in [0.4, 0.5) is 11.4 Å². The molecule has 0 radical (unpaired) electrons. The Kier molecular flexibility index (Phi) is 13.8. The van der Waals surface area contributed by atoms with Crippen LogP contribution >= 0.6 is 56.9 Å². The Bertz CT molecular complexity index is 2490. The number of anilines is 1. The molecule has 9 nitrogen and oxygen atoms in total. The Labute approximate surface area is 381 Å². The molecule has 0 spiro atoms. The fourth-order valence-corrected chi connectivity index (χ4v) is 11.3. The predicted molar refractivity (Wildman–Crippen MR) is 256 cm³/mol. The molecule has 13 heteroatoms. The maximum absolute atomic E-state index is 11.4. The fourth-order valence-electron chi connectivity index (χ4n) is 8.62. The average Bonchev–Trinajstić information content (AvgIpc) is 3.81. The summed E-state index contributed by atoms with van der Waals surface area (Å²) in [5.74, 6) is -0.352. The molecule has 4 aromatic rings. The van der Waals surface area contributed by atoms with Crippen LogP contribution in [0.2, 0.25) is 0 Å². The van der Waals surface area contributed by atoms with Gasteiger partial charge in [0.1, 0.15) is 6.54 Å². The zero-order valence-corrected chi connectivity index (χ0v) is 40.4. The van der Waals surface area contributed by atoms with Crippen molar-refractivity contribution < 1.29 is 17.5 Å². The summed E-state index contributed by atoms with van der Waals surface area (Å²) in [5, 5.41) is 13.8. The monoisotopic (exact) mass is 1050 g/mol. The van der Waals surface area contributed by atoms with Gasteiger partial charge in [0.05, 0.1) is 21.2 Å². The standard InChI is InChI=1S/C46H52I2N6O3S2/c1-6-7-11-27-52-39-23-21-34(47)30-37(39)45(2,3)41(52)25-19-32-15-14-16-33(43(32)58-44-49-50-51-54(44)36-17-9-8-10-18-36)20-26-42-46(4,5)38-31-35(48)22-24-40(38)53(42)28-12-13-29-59(55,56)57/h8-10,17-26,30-31H,6-7,11-16,27-29H2,1-5H3. The Morgan fingerprint density at radius 1 is 0.881 bits per heavy atom. The number of thioether (sulfide) groups is 1. The Morgan fingerprint density at radius 3 is 2.37 bits per heavy atom. The van der Waals surface area contributed by atoms with E-state index in [0.717, 1.165) is 57.8 Å². The molecule has 0 saturated heterocycles. The van der Waals surface area contributed by atoms with Gasteiger partial charge in [-0.05, 0) is 185 Å². The minimum atomic E-state index is -4.27. The van der Waals surface area contributed by atoms with Crippen LogP contribution in [0.25, 0.3) is 5.69 Å². The van der Waals surface area contributed by atoms with E-state index in [1.54, 1.807) is 11.8 Å². The van der Waals surface area contributed by atoms with Crippen LogP contribution in [0.5, 0.6) is 0 Å². The molecular formula is C46H52I2N6O3S2. The molecule has 1 aliphatic carbocycles. The number of halogens is 2. The van der Waals surface area contributed by atoms with Gasteiger partial charge in [0.15, 0.2) is 5.71 Å². The number of hydrogen-bond acceptors (Lipinski definition) is 8. The second kappa shape index (κ2) is 18.5. The van der Waals surface area contributed by atoms with Crippen molar-refractivity contribution in [1.82, 2.24) is 20.2 Å². The second-order valence-electron chi connectivity index (χ2n) is 16.5. The van der Waals surface area contributed by atoms with Gasteiger partial charge in [-0.1, -0.05) is 57.5 Å². The number of para-hydroxylation sites is 1. The lowest BCUT2D eigenvalue weighted by atomic mass is 9.81.